The fourth-order valence-corrected chi connectivity index (χ4v) is 3.70. The van der Waals surface area contributed by atoms with Crippen molar-refractivity contribution in [2.24, 2.45) is 0 Å². The predicted octanol–water partition coefficient (Wildman–Crippen LogP) is 4.19. The molecule has 0 aliphatic rings. The quantitative estimate of drug-likeness (QED) is 0.478. The topological polar surface area (TPSA) is 114 Å². The third-order valence-electron chi connectivity index (χ3n) is 3.97. The number of amides is 1. The van der Waals surface area contributed by atoms with Crippen molar-refractivity contribution in [3.63, 3.8) is 0 Å². The van der Waals surface area contributed by atoms with E-state index in [9.17, 15) is 13.2 Å². The Balaban J connectivity index is 1.57. The van der Waals surface area contributed by atoms with Gasteiger partial charge in [-0.3, -0.25) is 9.52 Å². The van der Waals surface area contributed by atoms with Gasteiger partial charge < -0.3 is 9.73 Å². The van der Waals surface area contributed by atoms with Gasteiger partial charge in [0, 0.05) is 22.0 Å². The van der Waals surface area contributed by atoms with Gasteiger partial charge in [-0.2, -0.15) is 0 Å². The summed E-state index contributed by atoms with van der Waals surface area (Å²) in [5.41, 5.74) is 2.62. The number of aryl methyl sites for hydroxylation is 1. The Labute approximate surface area is 183 Å². The standard InChI is InChI=1S/C19H19ClN4O4S2/c1-3-30(26,27)24-14-8-5-13(6-9-14)18-22-23-19(28-18)29-11-17(25)21-15-7-4-12(2)16(20)10-15/h4-10,24H,3,11H2,1-2H3,(H,21,25). The summed E-state index contributed by atoms with van der Waals surface area (Å²) in [4.78, 5) is 12.1. The minimum absolute atomic E-state index is 0.0104. The molecule has 0 spiro atoms. The van der Waals surface area contributed by atoms with Gasteiger partial charge in [-0.05, 0) is 55.8 Å². The summed E-state index contributed by atoms with van der Waals surface area (Å²) in [6.07, 6.45) is 0. The van der Waals surface area contributed by atoms with Crippen LogP contribution in [0.3, 0.4) is 0 Å². The molecule has 2 N–H and O–H groups in total. The zero-order chi connectivity index (χ0) is 21.7. The monoisotopic (exact) mass is 466 g/mol. The molecule has 2 aromatic carbocycles. The summed E-state index contributed by atoms with van der Waals surface area (Å²) in [5.74, 6) is 0.120. The molecule has 0 aliphatic heterocycles. The maximum Gasteiger partial charge on any atom is 0.277 e. The molecular weight excluding hydrogens is 448 g/mol. The molecule has 0 saturated heterocycles. The maximum atomic E-state index is 12.1. The molecule has 30 heavy (non-hydrogen) atoms. The average Bonchev–Trinajstić information content (AvgIpc) is 3.19. The molecule has 0 bridgehead atoms. The number of carbonyl (C=O) groups is 1. The first-order valence-electron chi connectivity index (χ1n) is 8.89. The van der Waals surface area contributed by atoms with Crippen molar-refractivity contribution in [1.82, 2.24) is 10.2 Å². The Morgan fingerprint density at radius 3 is 2.50 bits per heavy atom. The van der Waals surface area contributed by atoms with Crippen molar-refractivity contribution in [2.45, 2.75) is 19.1 Å². The van der Waals surface area contributed by atoms with Crippen LogP contribution in [0.15, 0.2) is 52.1 Å². The summed E-state index contributed by atoms with van der Waals surface area (Å²) in [7, 11) is -3.34. The van der Waals surface area contributed by atoms with Crippen LogP contribution in [0.5, 0.6) is 0 Å². The Bertz CT molecular complexity index is 1150. The van der Waals surface area contributed by atoms with Crippen LogP contribution < -0.4 is 10.0 Å². The van der Waals surface area contributed by atoms with Gasteiger partial charge in [0.05, 0.1) is 11.5 Å². The molecule has 0 radical (unpaired) electrons. The molecule has 8 nitrogen and oxygen atoms in total. The number of anilines is 2. The highest BCUT2D eigenvalue weighted by atomic mass is 35.5. The van der Waals surface area contributed by atoms with Gasteiger partial charge in [0.1, 0.15) is 0 Å². The SMILES string of the molecule is CCS(=O)(=O)Nc1ccc(-c2nnc(SCC(=O)Nc3ccc(C)c(Cl)c3)o2)cc1. The second kappa shape index (κ2) is 9.50. The van der Waals surface area contributed by atoms with Gasteiger partial charge in [-0.1, -0.05) is 29.4 Å². The van der Waals surface area contributed by atoms with Crippen molar-refractivity contribution < 1.29 is 17.6 Å². The molecule has 0 saturated carbocycles. The van der Waals surface area contributed by atoms with Crippen LogP contribution in [0.25, 0.3) is 11.5 Å². The third-order valence-corrected chi connectivity index (χ3v) is 6.51. The maximum absolute atomic E-state index is 12.1. The summed E-state index contributed by atoms with van der Waals surface area (Å²) >= 11 is 7.16. The average molecular weight is 467 g/mol. The van der Waals surface area contributed by atoms with Gasteiger partial charge >= 0.3 is 0 Å². The van der Waals surface area contributed by atoms with E-state index in [0.717, 1.165) is 17.3 Å². The predicted molar refractivity (Wildman–Crippen MR) is 118 cm³/mol. The minimum Gasteiger partial charge on any atom is -0.411 e. The van der Waals surface area contributed by atoms with Crippen molar-refractivity contribution in [3.05, 3.63) is 53.1 Å². The third kappa shape index (κ3) is 5.97. The molecule has 1 amide bonds. The van der Waals surface area contributed by atoms with E-state index in [1.165, 1.54) is 0 Å². The summed E-state index contributed by atoms with van der Waals surface area (Å²) in [5, 5.41) is 11.5. The Hall–Kier alpha value is -2.56. The minimum atomic E-state index is -3.34. The summed E-state index contributed by atoms with van der Waals surface area (Å²) in [6.45, 7) is 3.44. The van der Waals surface area contributed by atoms with E-state index < -0.39 is 10.0 Å². The van der Waals surface area contributed by atoms with E-state index in [1.807, 2.05) is 13.0 Å². The first kappa shape index (κ1) is 22.1. The number of hydrogen-bond donors (Lipinski definition) is 2. The molecule has 11 heteroatoms. The van der Waals surface area contributed by atoms with Crippen molar-refractivity contribution in [1.29, 1.82) is 0 Å². The van der Waals surface area contributed by atoms with Crippen LogP contribution >= 0.6 is 23.4 Å². The van der Waals surface area contributed by atoms with Crippen LogP contribution in [0.2, 0.25) is 5.02 Å². The number of carbonyl (C=O) groups excluding carboxylic acids is 1. The fourth-order valence-electron chi connectivity index (χ4n) is 2.31. The lowest BCUT2D eigenvalue weighted by Gasteiger charge is -2.06. The second-order valence-corrected chi connectivity index (χ2v) is 9.60. The highest BCUT2D eigenvalue weighted by molar-refractivity contribution is 7.99. The molecule has 158 valence electrons. The number of aromatic nitrogens is 2. The van der Waals surface area contributed by atoms with Crippen LogP contribution in [0.1, 0.15) is 12.5 Å². The lowest BCUT2D eigenvalue weighted by Crippen LogP contribution is -2.14. The number of nitrogens with zero attached hydrogens (tertiary/aromatic N) is 2. The van der Waals surface area contributed by atoms with Crippen molar-refractivity contribution >= 4 is 50.7 Å². The number of sulfonamides is 1. The molecule has 1 heterocycles. The number of hydrogen-bond acceptors (Lipinski definition) is 7. The fraction of sp³-hybridized carbons (Fsp3) is 0.211. The number of rotatable bonds is 8. The Morgan fingerprint density at radius 1 is 1.13 bits per heavy atom. The van der Waals surface area contributed by atoms with E-state index >= 15 is 0 Å². The van der Waals surface area contributed by atoms with Gasteiger partial charge in [0.2, 0.25) is 21.8 Å². The van der Waals surface area contributed by atoms with Gasteiger partial charge in [-0.15, -0.1) is 10.2 Å². The molecule has 0 aliphatic carbocycles. The van der Waals surface area contributed by atoms with E-state index in [1.54, 1.807) is 43.3 Å². The van der Waals surface area contributed by atoms with Crippen LogP contribution in [0.4, 0.5) is 11.4 Å². The molecule has 1 aromatic heterocycles. The zero-order valence-electron chi connectivity index (χ0n) is 16.2. The van der Waals surface area contributed by atoms with E-state index in [4.69, 9.17) is 16.0 Å². The number of halogens is 1. The normalized spacial score (nSPS) is 11.3. The van der Waals surface area contributed by atoms with E-state index in [2.05, 4.69) is 20.2 Å². The van der Waals surface area contributed by atoms with Crippen LogP contribution in [0, 0.1) is 6.92 Å². The van der Waals surface area contributed by atoms with E-state index in [-0.39, 0.29) is 28.5 Å². The smallest absolute Gasteiger partial charge is 0.277 e. The summed E-state index contributed by atoms with van der Waals surface area (Å²) < 4.78 is 31.2. The van der Waals surface area contributed by atoms with Crippen LogP contribution in [-0.4, -0.2) is 36.0 Å². The summed E-state index contributed by atoms with van der Waals surface area (Å²) in [6, 6.07) is 11.9. The van der Waals surface area contributed by atoms with Gasteiger partial charge in [0.25, 0.3) is 5.22 Å². The van der Waals surface area contributed by atoms with Crippen molar-refractivity contribution in [2.75, 3.05) is 21.5 Å². The van der Waals surface area contributed by atoms with Crippen molar-refractivity contribution in [3.8, 4) is 11.5 Å². The molecule has 3 aromatic rings. The first-order valence-corrected chi connectivity index (χ1v) is 11.9. The Morgan fingerprint density at radius 2 is 1.83 bits per heavy atom. The molecule has 0 atom stereocenters. The zero-order valence-corrected chi connectivity index (χ0v) is 18.6. The van der Waals surface area contributed by atoms with E-state index in [0.29, 0.717) is 22.0 Å². The highest BCUT2D eigenvalue weighted by Crippen LogP contribution is 2.25. The lowest BCUT2D eigenvalue weighted by atomic mass is 10.2. The van der Waals surface area contributed by atoms with Crippen LogP contribution in [-0.2, 0) is 14.8 Å². The molecular formula is C19H19ClN4O4S2. The first-order chi connectivity index (χ1) is 14.3. The molecule has 0 fully saturated rings. The van der Waals surface area contributed by atoms with Gasteiger partial charge in [0.15, 0.2) is 0 Å². The second-order valence-electron chi connectivity index (χ2n) is 6.26. The Kier molecular flexibility index (Phi) is 7.01. The number of thioether (sulfide) groups is 1. The largest absolute Gasteiger partial charge is 0.411 e. The molecule has 3 rings (SSSR count). The highest BCUT2D eigenvalue weighted by Gasteiger charge is 2.13. The lowest BCUT2D eigenvalue weighted by molar-refractivity contribution is -0.113. The number of benzene rings is 2. The molecule has 0 unspecified atom stereocenters. The number of nitrogens with one attached hydrogen (secondary N) is 2. The van der Waals surface area contributed by atoms with Gasteiger partial charge in [-0.25, -0.2) is 8.42 Å².